The van der Waals surface area contributed by atoms with Gasteiger partial charge in [0.25, 0.3) is 0 Å². The maximum absolute atomic E-state index is 4.70. The predicted molar refractivity (Wildman–Crippen MR) is 142 cm³/mol. The van der Waals surface area contributed by atoms with Crippen LogP contribution in [0.4, 0.5) is 0 Å². The van der Waals surface area contributed by atoms with Gasteiger partial charge in [0.1, 0.15) is 11.6 Å². The van der Waals surface area contributed by atoms with Gasteiger partial charge >= 0.3 is 0 Å². The van der Waals surface area contributed by atoms with Crippen LogP contribution in [0.1, 0.15) is 49.4 Å². The van der Waals surface area contributed by atoms with Crippen LogP contribution in [-0.4, -0.2) is 33.0 Å². The summed E-state index contributed by atoms with van der Waals surface area (Å²) in [6, 6.07) is 18.3. The number of aromatic amines is 2. The van der Waals surface area contributed by atoms with Crippen molar-refractivity contribution in [2.45, 2.75) is 37.8 Å². The molecule has 0 unspecified atom stereocenters. The third kappa shape index (κ3) is 3.80. The number of thiophene rings is 1. The van der Waals surface area contributed by atoms with E-state index < -0.39 is 0 Å². The molecule has 5 heterocycles. The zero-order valence-electron chi connectivity index (χ0n) is 19.5. The summed E-state index contributed by atoms with van der Waals surface area (Å²) in [6.45, 7) is 2.14. The second-order valence-corrected chi connectivity index (χ2v) is 10.6. The van der Waals surface area contributed by atoms with Gasteiger partial charge in [-0.15, -0.1) is 11.3 Å². The molecular formula is C28H28N6S. The summed E-state index contributed by atoms with van der Waals surface area (Å²) in [4.78, 5) is 19.0. The number of hydrogen-bond acceptors (Lipinski definition) is 5. The normalized spacial score (nSPS) is 20.2. The zero-order chi connectivity index (χ0) is 23.2. The topological polar surface area (TPSA) is 81.4 Å². The molecule has 7 rings (SSSR count). The van der Waals surface area contributed by atoms with Gasteiger partial charge in [-0.2, -0.15) is 0 Å². The summed E-state index contributed by atoms with van der Waals surface area (Å²) in [7, 11) is 0. The lowest BCUT2D eigenvalue weighted by Crippen LogP contribution is -2.14. The SMILES string of the molecule is c1cc(-c2ccc(-c3cnc([C@@H]4CCCN4)[nH]3)s2)c2cccc(-c3cnc([C@H]4CCCN4)[nH]3)c2c1. The third-order valence-corrected chi connectivity index (χ3v) is 8.47. The van der Waals surface area contributed by atoms with E-state index in [4.69, 9.17) is 4.98 Å². The van der Waals surface area contributed by atoms with Crippen LogP contribution in [0.3, 0.4) is 0 Å². The lowest BCUT2D eigenvalue weighted by Gasteiger charge is -2.09. The average Bonchev–Trinajstić information content (AvgIpc) is 3.72. The lowest BCUT2D eigenvalue weighted by molar-refractivity contribution is 0.613. The summed E-state index contributed by atoms with van der Waals surface area (Å²) in [6.07, 6.45) is 8.66. The molecule has 0 spiro atoms. The van der Waals surface area contributed by atoms with E-state index in [2.05, 4.69) is 74.1 Å². The van der Waals surface area contributed by atoms with Crippen molar-refractivity contribution in [3.63, 3.8) is 0 Å². The summed E-state index contributed by atoms with van der Waals surface area (Å²) < 4.78 is 0. The first kappa shape index (κ1) is 21.1. The Morgan fingerprint density at radius 3 is 1.94 bits per heavy atom. The molecule has 4 N–H and O–H groups in total. The fourth-order valence-electron chi connectivity index (χ4n) is 5.51. The van der Waals surface area contributed by atoms with Crippen molar-refractivity contribution in [1.82, 2.24) is 30.6 Å². The molecule has 2 aliphatic rings. The van der Waals surface area contributed by atoms with Crippen LogP contribution in [0.2, 0.25) is 0 Å². The van der Waals surface area contributed by atoms with Crippen LogP contribution < -0.4 is 10.6 Å². The molecule has 2 aromatic carbocycles. The van der Waals surface area contributed by atoms with Crippen molar-refractivity contribution < 1.29 is 0 Å². The van der Waals surface area contributed by atoms with Crippen LogP contribution in [0, 0.1) is 0 Å². The quantitative estimate of drug-likeness (QED) is 0.241. The van der Waals surface area contributed by atoms with Gasteiger partial charge in [-0.25, -0.2) is 9.97 Å². The first-order chi connectivity index (χ1) is 17.3. The highest BCUT2D eigenvalue weighted by molar-refractivity contribution is 7.18. The molecule has 6 nitrogen and oxygen atoms in total. The Balaban J connectivity index is 1.23. The van der Waals surface area contributed by atoms with E-state index in [0.717, 1.165) is 49.0 Å². The molecule has 35 heavy (non-hydrogen) atoms. The van der Waals surface area contributed by atoms with Gasteiger partial charge in [-0.1, -0.05) is 36.4 Å². The maximum atomic E-state index is 4.70. The fraction of sp³-hybridized carbons (Fsp3) is 0.286. The van der Waals surface area contributed by atoms with E-state index in [1.807, 2.05) is 23.7 Å². The first-order valence-electron chi connectivity index (χ1n) is 12.5. The van der Waals surface area contributed by atoms with Crippen LogP contribution in [-0.2, 0) is 0 Å². The van der Waals surface area contributed by atoms with Crippen LogP contribution in [0.5, 0.6) is 0 Å². The van der Waals surface area contributed by atoms with Crippen LogP contribution in [0.15, 0.2) is 60.9 Å². The molecule has 2 saturated heterocycles. The Morgan fingerprint density at radius 1 is 0.657 bits per heavy atom. The van der Waals surface area contributed by atoms with Gasteiger partial charge in [-0.05, 0) is 67.2 Å². The number of fused-ring (bicyclic) bond motifs is 1. The summed E-state index contributed by atoms with van der Waals surface area (Å²) in [5.74, 6) is 2.09. The maximum Gasteiger partial charge on any atom is 0.123 e. The molecule has 0 amide bonds. The van der Waals surface area contributed by atoms with Crippen molar-refractivity contribution in [2.24, 2.45) is 0 Å². The molecular weight excluding hydrogens is 452 g/mol. The lowest BCUT2D eigenvalue weighted by atomic mass is 9.98. The second-order valence-electron chi connectivity index (χ2n) is 9.53. The Kier molecular flexibility index (Phi) is 5.26. The highest BCUT2D eigenvalue weighted by Gasteiger charge is 2.21. The number of imidazole rings is 2. The number of benzene rings is 2. The standard InChI is InChI=1S/C28H28N6S/c1-6-18-17(19(7-1)23-15-31-27(33-23)21-9-3-13-29-21)5-2-8-20(18)25-11-12-26(35-25)24-16-32-28(34-24)22-10-4-14-30-22/h1-2,5-8,11-12,15-16,21-22,29-30H,3-4,9-10,13-14H2,(H,31,33)(H,32,34)/t21-,22+/m1/s1. The number of hydrogen-bond donors (Lipinski definition) is 4. The minimum absolute atomic E-state index is 0.339. The molecule has 0 aliphatic carbocycles. The molecule has 7 heteroatoms. The van der Waals surface area contributed by atoms with E-state index in [1.54, 1.807) is 0 Å². The highest BCUT2D eigenvalue weighted by atomic mass is 32.1. The summed E-state index contributed by atoms with van der Waals surface area (Å²) >= 11 is 1.81. The zero-order valence-corrected chi connectivity index (χ0v) is 20.3. The molecule has 2 fully saturated rings. The number of nitrogens with zero attached hydrogens (tertiary/aromatic N) is 2. The predicted octanol–water partition coefficient (Wildman–Crippen LogP) is 6.20. The van der Waals surface area contributed by atoms with Crippen LogP contribution in [0.25, 0.3) is 43.0 Å². The third-order valence-electron chi connectivity index (χ3n) is 7.32. The van der Waals surface area contributed by atoms with Gasteiger partial charge in [0.15, 0.2) is 0 Å². The van der Waals surface area contributed by atoms with E-state index in [1.165, 1.54) is 44.5 Å². The van der Waals surface area contributed by atoms with E-state index in [0.29, 0.717) is 12.1 Å². The molecule has 176 valence electrons. The largest absolute Gasteiger partial charge is 0.341 e. The van der Waals surface area contributed by atoms with Gasteiger partial charge < -0.3 is 20.6 Å². The number of rotatable bonds is 5. The Labute approximate surface area is 208 Å². The molecule has 3 aromatic heterocycles. The smallest absolute Gasteiger partial charge is 0.123 e. The van der Waals surface area contributed by atoms with Gasteiger partial charge in [-0.3, -0.25) is 0 Å². The average molecular weight is 481 g/mol. The minimum atomic E-state index is 0.339. The first-order valence-corrected chi connectivity index (χ1v) is 13.3. The monoisotopic (exact) mass is 480 g/mol. The number of aromatic nitrogens is 4. The van der Waals surface area contributed by atoms with E-state index in [9.17, 15) is 0 Å². The van der Waals surface area contributed by atoms with Crippen LogP contribution >= 0.6 is 11.3 Å². The van der Waals surface area contributed by atoms with E-state index >= 15 is 0 Å². The fourth-order valence-corrected chi connectivity index (χ4v) is 6.52. The molecule has 0 bridgehead atoms. The second kappa shape index (κ2) is 8.75. The number of H-pyrrole nitrogens is 2. The van der Waals surface area contributed by atoms with Crippen molar-refractivity contribution in [2.75, 3.05) is 13.1 Å². The molecule has 2 atom stereocenters. The molecule has 0 saturated carbocycles. The van der Waals surface area contributed by atoms with Crippen molar-refractivity contribution in [1.29, 1.82) is 0 Å². The Hall–Kier alpha value is -3.26. The molecule has 2 aliphatic heterocycles. The van der Waals surface area contributed by atoms with Gasteiger partial charge in [0.2, 0.25) is 0 Å². The van der Waals surface area contributed by atoms with E-state index in [-0.39, 0.29) is 0 Å². The highest BCUT2D eigenvalue weighted by Crippen LogP contribution is 2.40. The molecule has 5 aromatic rings. The Morgan fingerprint density at radius 2 is 1.26 bits per heavy atom. The molecule has 0 radical (unpaired) electrons. The minimum Gasteiger partial charge on any atom is -0.341 e. The Bertz CT molecular complexity index is 1480. The number of nitrogens with one attached hydrogen (secondary N) is 4. The summed E-state index contributed by atoms with van der Waals surface area (Å²) in [5.41, 5.74) is 4.63. The van der Waals surface area contributed by atoms with Gasteiger partial charge in [0, 0.05) is 10.4 Å². The van der Waals surface area contributed by atoms with Crippen molar-refractivity contribution in [3.8, 4) is 32.3 Å². The summed E-state index contributed by atoms with van der Waals surface area (Å²) in [5, 5.41) is 9.56. The van der Waals surface area contributed by atoms with Crippen molar-refractivity contribution in [3.05, 3.63) is 72.6 Å². The van der Waals surface area contributed by atoms with Gasteiger partial charge in [0.05, 0.1) is 40.7 Å². The van der Waals surface area contributed by atoms with Crippen molar-refractivity contribution >= 4 is 22.1 Å².